The minimum Gasteiger partial charge on any atom is -0.396 e. The van der Waals surface area contributed by atoms with E-state index in [1.807, 2.05) is 0 Å². The summed E-state index contributed by atoms with van der Waals surface area (Å²) in [6.07, 6.45) is 2.77. The number of aliphatic hydroxyl groups excluding tert-OH is 1. The molecule has 0 amide bonds. The molecule has 0 atom stereocenters. The van der Waals surface area contributed by atoms with E-state index in [1.165, 1.54) is 11.1 Å². The molecule has 1 aliphatic rings. The fourth-order valence-electron chi connectivity index (χ4n) is 2.86. The van der Waals surface area contributed by atoms with Gasteiger partial charge in [0, 0.05) is 12.1 Å². The van der Waals surface area contributed by atoms with E-state index in [1.54, 1.807) is 0 Å². The highest BCUT2D eigenvalue weighted by atomic mass is 16.3. The number of nitrogens with two attached hydrogens (primary N) is 1. The average Bonchev–Trinajstić information content (AvgIpc) is 2.56. The van der Waals surface area contributed by atoms with Crippen molar-refractivity contribution >= 4 is 0 Å². The van der Waals surface area contributed by atoms with Crippen LogP contribution in [0.5, 0.6) is 0 Å². The van der Waals surface area contributed by atoms with Crippen LogP contribution in [0.25, 0.3) is 0 Å². The van der Waals surface area contributed by atoms with Gasteiger partial charge in [-0.15, -0.1) is 0 Å². The molecule has 0 heterocycles. The van der Waals surface area contributed by atoms with Crippen molar-refractivity contribution in [3.63, 3.8) is 0 Å². The van der Waals surface area contributed by atoms with E-state index >= 15 is 0 Å². The van der Waals surface area contributed by atoms with Crippen LogP contribution < -0.4 is 5.73 Å². The highest BCUT2D eigenvalue weighted by Gasteiger charge is 2.45. The maximum Gasteiger partial charge on any atom is 0.0437 e. The van der Waals surface area contributed by atoms with Crippen molar-refractivity contribution in [2.45, 2.75) is 38.6 Å². The van der Waals surface area contributed by atoms with Gasteiger partial charge in [-0.05, 0) is 49.7 Å². The van der Waals surface area contributed by atoms with E-state index in [-0.39, 0.29) is 17.6 Å². The van der Waals surface area contributed by atoms with Gasteiger partial charge in [-0.3, -0.25) is 0 Å². The zero-order valence-corrected chi connectivity index (χ0v) is 10.2. The third-order valence-corrected chi connectivity index (χ3v) is 4.13. The topological polar surface area (TPSA) is 46.2 Å². The van der Waals surface area contributed by atoms with Gasteiger partial charge in [0.05, 0.1) is 0 Å². The van der Waals surface area contributed by atoms with Crippen LogP contribution in [0.1, 0.15) is 31.4 Å². The predicted octanol–water partition coefficient (Wildman–Crippen LogP) is 1.89. The van der Waals surface area contributed by atoms with Gasteiger partial charge >= 0.3 is 0 Å². The van der Waals surface area contributed by atoms with Gasteiger partial charge in [-0.25, -0.2) is 0 Å². The second-order valence-corrected chi connectivity index (χ2v) is 5.60. The quantitative estimate of drug-likeness (QED) is 0.815. The van der Waals surface area contributed by atoms with E-state index < -0.39 is 0 Å². The number of hydrogen-bond donors (Lipinski definition) is 2. The van der Waals surface area contributed by atoms with Gasteiger partial charge in [0.2, 0.25) is 0 Å². The van der Waals surface area contributed by atoms with Gasteiger partial charge in [-0.2, -0.15) is 0 Å². The molecule has 0 fully saturated rings. The molecule has 2 nitrogen and oxygen atoms in total. The molecule has 0 saturated heterocycles. The van der Waals surface area contributed by atoms with Crippen molar-refractivity contribution in [3.8, 4) is 0 Å². The lowest BCUT2D eigenvalue weighted by atomic mass is 9.67. The molecule has 2 heteroatoms. The van der Waals surface area contributed by atoms with Crippen molar-refractivity contribution in [3.05, 3.63) is 35.4 Å². The van der Waals surface area contributed by atoms with Gasteiger partial charge in [-0.1, -0.05) is 24.3 Å². The lowest BCUT2D eigenvalue weighted by molar-refractivity contribution is 0.110. The molecule has 0 bridgehead atoms. The van der Waals surface area contributed by atoms with Crippen LogP contribution in [-0.2, 0) is 12.8 Å². The summed E-state index contributed by atoms with van der Waals surface area (Å²) >= 11 is 0. The molecule has 2 rings (SSSR count). The summed E-state index contributed by atoms with van der Waals surface area (Å²) in [5.41, 5.74) is 8.89. The van der Waals surface area contributed by atoms with Gasteiger partial charge in [0.1, 0.15) is 0 Å². The van der Waals surface area contributed by atoms with Crippen LogP contribution in [0.4, 0.5) is 0 Å². The van der Waals surface area contributed by atoms with Crippen LogP contribution >= 0.6 is 0 Å². The SMILES string of the molecule is CC(C)(N)C1(CCO)Cc2ccccc2C1. The Kier molecular flexibility index (Phi) is 2.81. The fraction of sp³-hybridized carbons (Fsp3) is 0.571. The molecule has 3 N–H and O–H groups in total. The lowest BCUT2D eigenvalue weighted by Crippen LogP contribution is -2.52. The second kappa shape index (κ2) is 3.86. The summed E-state index contributed by atoms with van der Waals surface area (Å²) in [5.74, 6) is 0. The molecule has 1 aromatic rings. The van der Waals surface area contributed by atoms with Crippen LogP contribution in [0.2, 0.25) is 0 Å². The summed E-state index contributed by atoms with van der Waals surface area (Å²) in [5, 5.41) is 9.28. The predicted molar refractivity (Wildman–Crippen MR) is 66.3 cm³/mol. The van der Waals surface area contributed by atoms with Crippen molar-refractivity contribution in [2.75, 3.05) is 6.61 Å². The maximum atomic E-state index is 9.28. The number of benzene rings is 1. The Morgan fingerprint density at radius 1 is 1.25 bits per heavy atom. The molecule has 1 aliphatic carbocycles. The Morgan fingerprint density at radius 2 is 1.75 bits per heavy atom. The van der Waals surface area contributed by atoms with E-state index in [0.717, 1.165) is 19.3 Å². The van der Waals surface area contributed by atoms with Gasteiger partial charge in [0.25, 0.3) is 0 Å². The largest absolute Gasteiger partial charge is 0.396 e. The monoisotopic (exact) mass is 219 g/mol. The number of aliphatic hydroxyl groups is 1. The zero-order chi connectivity index (χ0) is 11.8. The summed E-state index contributed by atoms with van der Waals surface area (Å²) < 4.78 is 0. The number of fused-ring (bicyclic) bond motifs is 1. The minimum atomic E-state index is -0.255. The van der Waals surface area contributed by atoms with E-state index in [9.17, 15) is 5.11 Å². The standard InChI is InChI=1S/C14H21NO/c1-13(2,15)14(7-8-16)9-11-5-3-4-6-12(11)10-14/h3-6,16H,7-10,15H2,1-2H3. The Morgan fingerprint density at radius 3 is 2.12 bits per heavy atom. The van der Waals surface area contributed by atoms with Crippen molar-refractivity contribution in [1.29, 1.82) is 0 Å². The number of rotatable bonds is 3. The first kappa shape index (κ1) is 11.6. The molecular weight excluding hydrogens is 198 g/mol. The Labute approximate surface area is 97.5 Å². The Hall–Kier alpha value is -0.860. The van der Waals surface area contributed by atoms with Crippen LogP contribution in [0.15, 0.2) is 24.3 Å². The normalized spacial score (nSPS) is 18.5. The molecule has 0 unspecified atom stereocenters. The smallest absolute Gasteiger partial charge is 0.0437 e. The summed E-state index contributed by atoms with van der Waals surface area (Å²) in [4.78, 5) is 0. The fourth-order valence-corrected chi connectivity index (χ4v) is 2.86. The first-order valence-electron chi connectivity index (χ1n) is 5.95. The Bertz CT molecular complexity index is 354. The second-order valence-electron chi connectivity index (χ2n) is 5.60. The highest BCUT2D eigenvalue weighted by molar-refractivity contribution is 5.36. The first-order chi connectivity index (χ1) is 7.48. The molecule has 0 saturated carbocycles. The van der Waals surface area contributed by atoms with Gasteiger partial charge < -0.3 is 10.8 Å². The third-order valence-electron chi connectivity index (χ3n) is 4.13. The molecule has 16 heavy (non-hydrogen) atoms. The summed E-state index contributed by atoms with van der Waals surface area (Å²) in [6, 6.07) is 8.52. The third kappa shape index (κ3) is 1.76. The molecule has 88 valence electrons. The number of hydrogen-bond acceptors (Lipinski definition) is 2. The summed E-state index contributed by atoms with van der Waals surface area (Å²) in [6.45, 7) is 4.37. The van der Waals surface area contributed by atoms with Gasteiger partial charge in [0.15, 0.2) is 0 Å². The van der Waals surface area contributed by atoms with E-state index in [2.05, 4.69) is 38.1 Å². The van der Waals surface area contributed by atoms with Crippen molar-refractivity contribution < 1.29 is 5.11 Å². The maximum absolute atomic E-state index is 9.28. The average molecular weight is 219 g/mol. The van der Waals surface area contributed by atoms with Crippen molar-refractivity contribution in [1.82, 2.24) is 0 Å². The zero-order valence-electron chi connectivity index (χ0n) is 10.2. The molecule has 1 aromatic carbocycles. The summed E-state index contributed by atoms with van der Waals surface area (Å²) in [7, 11) is 0. The lowest BCUT2D eigenvalue weighted by Gasteiger charge is -2.41. The van der Waals surface area contributed by atoms with E-state index in [4.69, 9.17) is 5.73 Å². The van der Waals surface area contributed by atoms with Crippen LogP contribution in [0, 0.1) is 5.41 Å². The molecule has 0 aromatic heterocycles. The molecule has 0 spiro atoms. The molecule has 0 aliphatic heterocycles. The molecule has 0 radical (unpaired) electrons. The van der Waals surface area contributed by atoms with Crippen LogP contribution in [-0.4, -0.2) is 17.3 Å². The first-order valence-corrected chi connectivity index (χ1v) is 5.95. The minimum absolute atomic E-state index is 0.0193. The Balaban J connectivity index is 2.35. The molecular formula is C14H21NO. The van der Waals surface area contributed by atoms with Crippen molar-refractivity contribution in [2.24, 2.45) is 11.1 Å². The highest BCUT2D eigenvalue weighted by Crippen LogP contribution is 2.45. The van der Waals surface area contributed by atoms with E-state index in [0.29, 0.717) is 0 Å². The van der Waals surface area contributed by atoms with Crippen LogP contribution in [0.3, 0.4) is 0 Å².